The highest BCUT2D eigenvalue weighted by Gasteiger charge is 2.25. The number of rotatable bonds is 5. The quantitative estimate of drug-likeness (QED) is 0.563. The van der Waals surface area contributed by atoms with Crippen LogP contribution in [-0.2, 0) is 9.47 Å². The van der Waals surface area contributed by atoms with E-state index < -0.39 is 17.6 Å². The lowest BCUT2D eigenvalue weighted by Crippen LogP contribution is -2.35. The molecule has 3 aromatic rings. The van der Waals surface area contributed by atoms with Gasteiger partial charge in [0.25, 0.3) is 11.5 Å². The van der Waals surface area contributed by atoms with E-state index in [1.54, 1.807) is 49.7 Å². The maximum absolute atomic E-state index is 13.2. The van der Waals surface area contributed by atoms with E-state index in [4.69, 9.17) is 15.2 Å². The maximum atomic E-state index is 13.2. The van der Waals surface area contributed by atoms with Gasteiger partial charge in [-0.25, -0.2) is 9.78 Å². The third-order valence-corrected chi connectivity index (χ3v) is 5.55. The van der Waals surface area contributed by atoms with Crippen LogP contribution < -0.4 is 21.5 Å². The van der Waals surface area contributed by atoms with Crippen molar-refractivity contribution in [2.75, 3.05) is 30.5 Å². The van der Waals surface area contributed by atoms with Gasteiger partial charge in [-0.05, 0) is 45.7 Å². The molecule has 0 aliphatic carbocycles. The molecule has 186 valence electrons. The first kappa shape index (κ1) is 24.2. The number of carbonyl (C=O) groups excluding carboxylic acids is 2. The van der Waals surface area contributed by atoms with Crippen molar-refractivity contribution in [2.45, 2.75) is 45.3 Å². The highest BCUT2D eigenvalue weighted by molar-refractivity contribution is 5.99. The van der Waals surface area contributed by atoms with Crippen LogP contribution in [0.3, 0.4) is 0 Å². The predicted octanol–water partition coefficient (Wildman–Crippen LogP) is 2.46. The van der Waals surface area contributed by atoms with E-state index in [1.807, 2.05) is 0 Å². The molecule has 2 amide bonds. The summed E-state index contributed by atoms with van der Waals surface area (Å²) in [7, 11) is 1.51. The van der Waals surface area contributed by atoms with E-state index in [2.05, 4.69) is 15.4 Å². The van der Waals surface area contributed by atoms with Crippen molar-refractivity contribution in [2.24, 2.45) is 5.73 Å². The van der Waals surface area contributed by atoms with Crippen LogP contribution in [0.5, 0.6) is 0 Å². The van der Waals surface area contributed by atoms with Crippen LogP contribution in [0, 0.1) is 0 Å². The molecular formula is C23H29N7O5. The van der Waals surface area contributed by atoms with Crippen LogP contribution in [0.25, 0.3) is 5.65 Å². The van der Waals surface area contributed by atoms with Gasteiger partial charge in [-0.1, -0.05) is 0 Å². The van der Waals surface area contributed by atoms with E-state index in [-0.39, 0.29) is 34.4 Å². The number of fused-ring (bicyclic) bond motifs is 1. The van der Waals surface area contributed by atoms with Crippen LogP contribution >= 0.6 is 0 Å². The topological polar surface area (TPSA) is 146 Å². The monoisotopic (exact) mass is 483 g/mol. The number of hydrogen-bond acceptors (Lipinski definition) is 8. The summed E-state index contributed by atoms with van der Waals surface area (Å²) in [6.07, 6.45) is 3.89. The maximum Gasteiger partial charge on any atom is 0.415 e. The summed E-state index contributed by atoms with van der Waals surface area (Å²) in [5.74, 6) is -0.232. The van der Waals surface area contributed by atoms with Crippen molar-refractivity contribution in [3.8, 4) is 0 Å². The van der Waals surface area contributed by atoms with Crippen molar-refractivity contribution in [1.82, 2.24) is 19.2 Å². The molecule has 0 saturated carbocycles. The van der Waals surface area contributed by atoms with Crippen molar-refractivity contribution in [1.29, 1.82) is 0 Å². The number of pyridine rings is 1. The second kappa shape index (κ2) is 9.37. The Morgan fingerprint density at radius 3 is 2.66 bits per heavy atom. The standard InChI is InChI=1S/C23H29N7O5/c1-23(2,3)35-22(33)28(4)18-12-17(27-20-15(19(24)31)13-25-30(18)20)26-16-6-5-9-29(21(16)32)14-7-10-34-11-8-14/h5-6,9,12-14H,7-8,10-11H2,1-4H3,(H2,24,31)(H,26,27). The van der Waals surface area contributed by atoms with Gasteiger partial charge in [-0.3, -0.25) is 14.5 Å². The summed E-state index contributed by atoms with van der Waals surface area (Å²) in [6.45, 7) is 6.47. The zero-order valence-corrected chi connectivity index (χ0v) is 20.1. The summed E-state index contributed by atoms with van der Waals surface area (Å²) >= 11 is 0. The van der Waals surface area contributed by atoms with Gasteiger partial charge in [0.2, 0.25) is 0 Å². The third-order valence-electron chi connectivity index (χ3n) is 5.55. The Labute approximate surface area is 201 Å². The van der Waals surface area contributed by atoms with E-state index in [0.717, 1.165) is 12.8 Å². The number of anilines is 3. The molecule has 0 spiro atoms. The number of nitrogens with one attached hydrogen (secondary N) is 1. The van der Waals surface area contributed by atoms with Gasteiger partial charge in [0.15, 0.2) is 5.65 Å². The Morgan fingerprint density at radius 2 is 2.00 bits per heavy atom. The summed E-state index contributed by atoms with van der Waals surface area (Å²) < 4.78 is 13.9. The highest BCUT2D eigenvalue weighted by atomic mass is 16.6. The van der Waals surface area contributed by atoms with Crippen LogP contribution in [0.2, 0.25) is 0 Å². The Balaban J connectivity index is 1.76. The van der Waals surface area contributed by atoms with Crippen LogP contribution in [0.1, 0.15) is 50.0 Å². The molecule has 1 aliphatic rings. The van der Waals surface area contributed by atoms with E-state index in [9.17, 15) is 14.4 Å². The van der Waals surface area contributed by atoms with E-state index >= 15 is 0 Å². The molecule has 3 N–H and O–H groups in total. The minimum Gasteiger partial charge on any atom is -0.443 e. The molecule has 0 radical (unpaired) electrons. The number of nitrogens with two attached hydrogens (primary N) is 1. The van der Waals surface area contributed by atoms with Crippen molar-refractivity contribution < 1.29 is 19.1 Å². The molecule has 0 unspecified atom stereocenters. The fraction of sp³-hybridized carbons (Fsp3) is 0.435. The van der Waals surface area contributed by atoms with Crippen molar-refractivity contribution in [3.05, 3.63) is 46.5 Å². The first-order valence-corrected chi connectivity index (χ1v) is 11.3. The molecule has 0 bridgehead atoms. The smallest absolute Gasteiger partial charge is 0.415 e. The average molecular weight is 484 g/mol. The first-order valence-electron chi connectivity index (χ1n) is 11.3. The largest absolute Gasteiger partial charge is 0.443 e. The molecule has 1 saturated heterocycles. The minimum absolute atomic E-state index is 0.0404. The molecule has 3 aromatic heterocycles. The number of nitrogens with zero attached hydrogens (tertiary/aromatic N) is 5. The van der Waals surface area contributed by atoms with Crippen LogP contribution in [-0.4, -0.2) is 57.0 Å². The van der Waals surface area contributed by atoms with Gasteiger partial charge in [0.1, 0.15) is 28.5 Å². The molecule has 12 heteroatoms. The number of ether oxygens (including phenoxy) is 2. The van der Waals surface area contributed by atoms with Gasteiger partial charge in [0, 0.05) is 38.6 Å². The molecule has 1 aliphatic heterocycles. The summed E-state index contributed by atoms with van der Waals surface area (Å²) in [4.78, 5) is 43.6. The minimum atomic E-state index is -0.725. The molecule has 12 nitrogen and oxygen atoms in total. The fourth-order valence-corrected chi connectivity index (χ4v) is 3.84. The lowest BCUT2D eigenvalue weighted by molar-refractivity contribution is 0.0587. The molecule has 4 rings (SSSR count). The second-order valence-electron chi connectivity index (χ2n) is 9.30. The van der Waals surface area contributed by atoms with Crippen molar-refractivity contribution in [3.63, 3.8) is 0 Å². The van der Waals surface area contributed by atoms with Crippen LogP contribution in [0.15, 0.2) is 35.4 Å². The third kappa shape index (κ3) is 5.11. The lowest BCUT2D eigenvalue weighted by atomic mass is 10.1. The second-order valence-corrected chi connectivity index (χ2v) is 9.30. The van der Waals surface area contributed by atoms with Gasteiger partial charge in [-0.15, -0.1) is 0 Å². The molecule has 0 aromatic carbocycles. The zero-order valence-electron chi connectivity index (χ0n) is 20.1. The Bertz CT molecular complexity index is 1320. The Kier molecular flexibility index (Phi) is 6.48. The van der Waals surface area contributed by atoms with E-state index in [0.29, 0.717) is 18.9 Å². The summed E-state index contributed by atoms with van der Waals surface area (Å²) in [6, 6.07) is 5.00. The van der Waals surface area contributed by atoms with Gasteiger partial charge in [-0.2, -0.15) is 9.61 Å². The summed E-state index contributed by atoms with van der Waals surface area (Å²) in [5.41, 5.74) is 5.06. The fourth-order valence-electron chi connectivity index (χ4n) is 3.84. The van der Waals surface area contributed by atoms with Gasteiger partial charge < -0.3 is 25.1 Å². The Hall–Kier alpha value is -3.93. The first-order chi connectivity index (χ1) is 16.5. The van der Waals surface area contributed by atoms with Gasteiger partial charge >= 0.3 is 6.09 Å². The van der Waals surface area contributed by atoms with Gasteiger partial charge in [0.05, 0.1) is 6.20 Å². The number of hydrogen-bond donors (Lipinski definition) is 2. The SMILES string of the molecule is CN(C(=O)OC(C)(C)C)c1cc(Nc2cccn(C3CCOCC3)c2=O)nc2c(C(N)=O)cnn12. The molecule has 4 heterocycles. The number of amides is 2. The molecule has 1 fully saturated rings. The van der Waals surface area contributed by atoms with Crippen LogP contribution in [0.4, 0.5) is 22.1 Å². The zero-order chi connectivity index (χ0) is 25.3. The lowest BCUT2D eigenvalue weighted by Gasteiger charge is -2.25. The summed E-state index contributed by atoms with van der Waals surface area (Å²) in [5, 5.41) is 7.21. The number of primary amides is 1. The number of carbonyl (C=O) groups is 2. The normalized spacial score (nSPS) is 14.6. The van der Waals surface area contributed by atoms with Crippen molar-refractivity contribution >= 4 is 35.0 Å². The highest BCUT2D eigenvalue weighted by Crippen LogP contribution is 2.25. The van der Waals surface area contributed by atoms with E-state index in [1.165, 1.54) is 22.7 Å². The number of aromatic nitrogens is 4. The average Bonchev–Trinajstić information content (AvgIpc) is 3.23. The Morgan fingerprint density at radius 1 is 1.29 bits per heavy atom. The molecular weight excluding hydrogens is 454 g/mol. The molecule has 35 heavy (non-hydrogen) atoms. The molecule has 0 atom stereocenters. The predicted molar refractivity (Wildman–Crippen MR) is 129 cm³/mol.